The summed E-state index contributed by atoms with van der Waals surface area (Å²) < 4.78 is 30.9. The normalized spacial score (nSPS) is 13.9. The van der Waals surface area contributed by atoms with Gasteiger partial charge in [-0.1, -0.05) is 30.2 Å². The van der Waals surface area contributed by atoms with E-state index in [-0.39, 0.29) is 36.3 Å². The van der Waals surface area contributed by atoms with Crippen molar-refractivity contribution in [1.29, 1.82) is 0 Å². The van der Waals surface area contributed by atoms with Crippen molar-refractivity contribution in [1.82, 2.24) is 14.8 Å². The zero-order valence-electron chi connectivity index (χ0n) is 29.3. The molecule has 272 valence electrons. The number of hydrogen-bond acceptors (Lipinski definition) is 8. The molecule has 10 nitrogen and oxygen atoms in total. The lowest BCUT2D eigenvalue weighted by molar-refractivity contribution is -0.142. The second kappa shape index (κ2) is 19.0. The average molecular weight is 736 g/mol. The third-order valence-corrected chi connectivity index (χ3v) is 10.5. The van der Waals surface area contributed by atoms with Gasteiger partial charge < -0.3 is 24.1 Å². The number of likely N-dealkylation sites (tertiary alicyclic amines) is 1. The number of amides is 1. The largest absolute Gasteiger partial charge is 0.616 e. The summed E-state index contributed by atoms with van der Waals surface area (Å²) in [6.07, 6.45) is 4.75. The monoisotopic (exact) mass is 735 g/mol. The average Bonchev–Trinajstić information content (AvgIpc) is 3.40. The minimum absolute atomic E-state index is 0.0599. The van der Waals surface area contributed by atoms with Crippen molar-refractivity contribution >= 4 is 51.5 Å². The highest BCUT2D eigenvalue weighted by Gasteiger charge is 2.23. The second-order valence-electron chi connectivity index (χ2n) is 12.7. The Labute approximate surface area is 307 Å². The topological polar surface area (TPSA) is 122 Å². The molecular formula is C39H46ClN3O7S. The highest BCUT2D eigenvalue weighted by atomic mass is 35.5. The van der Waals surface area contributed by atoms with Crippen LogP contribution in [-0.2, 0) is 38.5 Å². The third-order valence-electron chi connectivity index (χ3n) is 8.89. The fourth-order valence-electron chi connectivity index (χ4n) is 6.27. The molecule has 1 aliphatic rings. The second-order valence-corrected chi connectivity index (χ2v) is 14.7. The lowest BCUT2D eigenvalue weighted by Gasteiger charge is -2.26. The van der Waals surface area contributed by atoms with Crippen LogP contribution in [0, 0.1) is 6.92 Å². The Hall–Kier alpha value is -4.03. The summed E-state index contributed by atoms with van der Waals surface area (Å²) in [5, 5.41) is 4.04. The highest BCUT2D eigenvalue weighted by molar-refractivity contribution is 7.92. The Morgan fingerprint density at radius 2 is 1.73 bits per heavy atom. The number of carbonyl (C=O) groups excluding carboxylic acids is 3. The van der Waals surface area contributed by atoms with Crippen LogP contribution in [0.2, 0.25) is 5.02 Å². The molecule has 0 saturated carbocycles. The number of ether oxygens (including phenoxy) is 3. The maximum absolute atomic E-state index is 13.5. The van der Waals surface area contributed by atoms with Gasteiger partial charge in [0.1, 0.15) is 17.3 Å². The maximum atomic E-state index is 13.5. The number of aromatic nitrogens is 1. The summed E-state index contributed by atoms with van der Waals surface area (Å²) in [5.41, 5.74) is 3.61. The molecule has 1 unspecified atom stereocenters. The van der Waals surface area contributed by atoms with Crippen molar-refractivity contribution in [3.8, 4) is 11.5 Å². The Morgan fingerprint density at radius 1 is 0.941 bits per heavy atom. The third kappa shape index (κ3) is 11.0. The predicted octanol–water partition coefficient (Wildman–Crippen LogP) is 6.10. The van der Waals surface area contributed by atoms with Gasteiger partial charge in [-0.3, -0.25) is 23.9 Å². The van der Waals surface area contributed by atoms with Crippen molar-refractivity contribution in [2.45, 2.75) is 52.0 Å². The van der Waals surface area contributed by atoms with E-state index in [1.54, 1.807) is 61.1 Å². The minimum atomic E-state index is -1.40. The lowest BCUT2D eigenvalue weighted by Crippen LogP contribution is -2.32. The molecule has 0 bridgehead atoms. The first-order chi connectivity index (χ1) is 24.7. The number of methoxy groups -OCH3 is 1. The van der Waals surface area contributed by atoms with E-state index in [1.807, 2.05) is 12.1 Å². The fourth-order valence-corrected chi connectivity index (χ4v) is 7.37. The lowest BCUT2D eigenvalue weighted by atomic mass is 10.1. The molecule has 1 atom stereocenters. The van der Waals surface area contributed by atoms with Gasteiger partial charge in [0.25, 0.3) is 11.8 Å². The van der Waals surface area contributed by atoms with Crippen LogP contribution in [-0.4, -0.2) is 83.3 Å². The molecule has 12 heteroatoms. The van der Waals surface area contributed by atoms with Gasteiger partial charge in [-0.2, -0.15) is 0 Å². The number of nitrogens with zero attached hydrogens (tertiary/aromatic N) is 2. The van der Waals surface area contributed by atoms with E-state index in [2.05, 4.69) is 22.3 Å². The first-order valence-corrected chi connectivity index (χ1v) is 19.3. The number of halogens is 1. The molecule has 1 fully saturated rings. The first-order valence-electron chi connectivity index (χ1n) is 17.4. The summed E-state index contributed by atoms with van der Waals surface area (Å²) in [5.74, 6) is 0.519. The molecular weight excluding hydrogens is 690 g/mol. The Morgan fingerprint density at radius 3 is 2.49 bits per heavy atom. The maximum Gasteiger partial charge on any atom is 0.310 e. The van der Waals surface area contributed by atoms with Crippen LogP contribution in [0.3, 0.4) is 0 Å². The van der Waals surface area contributed by atoms with Crippen molar-refractivity contribution < 1.29 is 33.1 Å². The van der Waals surface area contributed by atoms with Crippen LogP contribution in [0.25, 0.3) is 10.9 Å². The number of esters is 1. The van der Waals surface area contributed by atoms with Gasteiger partial charge >= 0.3 is 5.97 Å². The van der Waals surface area contributed by atoms with Crippen molar-refractivity contribution in [3.05, 3.63) is 94.1 Å². The molecule has 1 aromatic heterocycles. The van der Waals surface area contributed by atoms with Gasteiger partial charge in [0, 0.05) is 41.2 Å². The van der Waals surface area contributed by atoms with Gasteiger partial charge in [0.2, 0.25) is 0 Å². The molecule has 1 amide bonds. The van der Waals surface area contributed by atoms with E-state index in [1.165, 1.54) is 24.8 Å². The molecule has 1 aliphatic heterocycles. The zero-order chi connectivity index (χ0) is 36.2. The number of rotatable bonds is 17. The molecule has 51 heavy (non-hydrogen) atoms. The number of fused-ring (bicyclic) bond motifs is 1. The Balaban J connectivity index is 1.01. The summed E-state index contributed by atoms with van der Waals surface area (Å²) >= 11 is 4.62. The van der Waals surface area contributed by atoms with Crippen LogP contribution in [0.5, 0.6) is 11.5 Å². The van der Waals surface area contributed by atoms with Crippen LogP contribution in [0.15, 0.2) is 66.7 Å². The molecule has 4 aromatic rings. The van der Waals surface area contributed by atoms with E-state index in [9.17, 15) is 18.9 Å². The highest BCUT2D eigenvalue weighted by Crippen LogP contribution is 2.31. The number of piperidine rings is 1. The van der Waals surface area contributed by atoms with Gasteiger partial charge in [-0.15, -0.1) is 0 Å². The number of hydrogen-bond donors (Lipinski definition) is 1. The standard InChI is InChI=1S/C39H46ClN3O7S/c1-28-34(35-24-32(48-2)15-16-36(35)43(28)39(46)30-11-13-31(40)14-12-30)25-38(45)50-21-8-22-51(47)27-37(44)41-17-7-20-49-33-10-6-9-29(23-33)26-42-18-4-3-5-19-42/h6,9-16,23-24H,3-5,7-8,17-22,25-27H2,1-2H3,(H,41,44). The molecule has 5 rings (SSSR count). The van der Waals surface area contributed by atoms with Gasteiger partial charge in [-0.05, 0) is 116 Å². The number of nitrogens with one attached hydrogen (secondary N) is 1. The summed E-state index contributed by atoms with van der Waals surface area (Å²) in [7, 11) is 1.55. The van der Waals surface area contributed by atoms with Crippen LogP contribution < -0.4 is 14.8 Å². The number of carbonyl (C=O) groups is 3. The molecule has 0 aliphatic carbocycles. The van der Waals surface area contributed by atoms with Crippen molar-refractivity contribution in [2.75, 3.05) is 51.5 Å². The predicted molar refractivity (Wildman–Crippen MR) is 200 cm³/mol. The fraction of sp³-hybridized carbons (Fsp3) is 0.410. The molecule has 3 aromatic carbocycles. The van der Waals surface area contributed by atoms with E-state index in [0.29, 0.717) is 64.5 Å². The molecule has 1 N–H and O–H groups in total. The van der Waals surface area contributed by atoms with Gasteiger partial charge in [0.15, 0.2) is 5.75 Å². The smallest absolute Gasteiger partial charge is 0.310 e. The molecule has 1 saturated heterocycles. The van der Waals surface area contributed by atoms with Crippen LogP contribution in [0.4, 0.5) is 0 Å². The summed E-state index contributed by atoms with van der Waals surface area (Å²) in [6.45, 7) is 5.97. The SMILES string of the molecule is COc1ccc2c(c1)c(CC(=O)OCCC[S+]([O-])CC(=O)NCCCOc1cccc(CN3CCCCC3)c1)c(C)n2C(=O)c1ccc(Cl)cc1. The zero-order valence-corrected chi connectivity index (χ0v) is 30.9. The molecule has 2 heterocycles. The molecule has 0 radical (unpaired) electrons. The van der Waals surface area contributed by atoms with Gasteiger partial charge in [0.05, 0.1) is 32.3 Å². The summed E-state index contributed by atoms with van der Waals surface area (Å²) in [4.78, 5) is 41.2. The molecule has 0 spiro atoms. The van der Waals surface area contributed by atoms with Crippen LogP contribution in [0.1, 0.15) is 59.3 Å². The quantitative estimate of drug-likeness (QED) is 0.0785. The van der Waals surface area contributed by atoms with E-state index < -0.39 is 17.1 Å². The number of benzene rings is 3. The first kappa shape index (κ1) is 38.2. The minimum Gasteiger partial charge on any atom is -0.616 e. The van der Waals surface area contributed by atoms with Gasteiger partial charge in [-0.25, -0.2) is 0 Å². The van der Waals surface area contributed by atoms with E-state index >= 15 is 0 Å². The van der Waals surface area contributed by atoms with Crippen molar-refractivity contribution in [3.63, 3.8) is 0 Å². The Kier molecular flexibility index (Phi) is 14.2. The van der Waals surface area contributed by atoms with E-state index in [0.717, 1.165) is 25.4 Å². The Bertz CT molecular complexity index is 1790. The van der Waals surface area contributed by atoms with E-state index in [4.69, 9.17) is 25.8 Å². The van der Waals surface area contributed by atoms with Crippen LogP contribution >= 0.6 is 11.6 Å². The van der Waals surface area contributed by atoms with Crippen molar-refractivity contribution in [2.24, 2.45) is 0 Å². The summed E-state index contributed by atoms with van der Waals surface area (Å²) in [6, 6.07) is 20.2.